The third-order valence-electron chi connectivity index (χ3n) is 2.14. The van der Waals surface area contributed by atoms with Crippen LogP contribution in [0.1, 0.15) is 6.92 Å². The van der Waals surface area contributed by atoms with Crippen LogP contribution in [0.3, 0.4) is 0 Å². The van der Waals surface area contributed by atoms with Crippen molar-refractivity contribution in [3.63, 3.8) is 0 Å². The van der Waals surface area contributed by atoms with E-state index in [1.807, 2.05) is 24.3 Å². The number of benzene rings is 1. The summed E-state index contributed by atoms with van der Waals surface area (Å²) in [7, 11) is 1.61. The lowest BCUT2D eigenvalue weighted by atomic mass is 10.2. The highest BCUT2D eigenvalue weighted by molar-refractivity contribution is 7.99. The van der Waals surface area contributed by atoms with Crippen molar-refractivity contribution in [2.24, 2.45) is 0 Å². The Bertz CT molecular complexity index is 537. The van der Waals surface area contributed by atoms with Gasteiger partial charge in [0.1, 0.15) is 11.5 Å². The Kier molecular flexibility index (Phi) is 3.99. The molecule has 0 unspecified atom stereocenters. The first-order valence-corrected chi connectivity index (χ1v) is 6.28. The molecule has 1 heterocycles. The number of carbonyl (C=O) groups is 1. The highest BCUT2D eigenvalue weighted by Crippen LogP contribution is 2.24. The zero-order valence-electron chi connectivity index (χ0n) is 10.0. The minimum Gasteiger partial charge on any atom is -0.497 e. The SMILES string of the molecule is COc1ccc(-c2nnc(SCC(C)=O)o2)cc1. The van der Waals surface area contributed by atoms with Crippen LogP contribution in [0.5, 0.6) is 5.75 Å². The van der Waals surface area contributed by atoms with E-state index >= 15 is 0 Å². The van der Waals surface area contributed by atoms with Crippen molar-refractivity contribution in [3.05, 3.63) is 24.3 Å². The van der Waals surface area contributed by atoms with E-state index in [0.29, 0.717) is 16.9 Å². The topological polar surface area (TPSA) is 65.2 Å². The van der Waals surface area contributed by atoms with Crippen molar-refractivity contribution in [3.8, 4) is 17.2 Å². The molecule has 0 radical (unpaired) electrons. The number of hydrogen-bond acceptors (Lipinski definition) is 6. The number of thioether (sulfide) groups is 1. The molecule has 5 nitrogen and oxygen atoms in total. The van der Waals surface area contributed by atoms with E-state index in [4.69, 9.17) is 9.15 Å². The van der Waals surface area contributed by atoms with Crippen LogP contribution in [0.2, 0.25) is 0 Å². The van der Waals surface area contributed by atoms with E-state index < -0.39 is 0 Å². The number of rotatable bonds is 5. The maximum atomic E-state index is 10.8. The Balaban J connectivity index is 2.10. The van der Waals surface area contributed by atoms with Crippen LogP contribution in [-0.2, 0) is 4.79 Å². The number of hydrogen-bond donors (Lipinski definition) is 0. The number of Topliss-reactive ketones (excluding diaryl/α,β-unsaturated/α-hetero) is 1. The van der Waals surface area contributed by atoms with Crippen LogP contribution >= 0.6 is 11.8 Å². The van der Waals surface area contributed by atoms with E-state index in [1.54, 1.807) is 7.11 Å². The summed E-state index contributed by atoms with van der Waals surface area (Å²) >= 11 is 1.24. The summed E-state index contributed by atoms with van der Waals surface area (Å²) in [6.07, 6.45) is 0. The fourth-order valence-electron chi connectivity index (χ4n) is 1.28. The van der Waals surface area contributed by atoms with Gasteiger partial charge in [-0.05, 0) is 31.2 Å². The second kappa shape index (κ2) is 5.68. The number of aromatic nitrogens is 2. The lowest BCUT2D eigenvalue weighted by Gasteiger charge is -1.99. The lowest BCUT2D eigenvalue weighted by Crippen LogP contribution is -1.92. The first-order chi connectivity index (χ1) is 8.69. The number of carbonyl (C=O) groups excluding carboxylic acids is 1. The largest absolute Gasteiger partial charge is 0.497 e. The fraction of sp³-hybridized carbons (Fsp3) is 0.250. The van der Waals surface area contributed by atoms with Gasteiger partial charge in [0.2, 0.25) is 5.89 Å². The van der Waals surface area contributed by atoms with Gasteiger partial charge in [-0.1, -0.05) is 11.8 Å². The molecule has 0 saturated carbocycles. The molecule has 0 fully saturated rings. The van der Waals surface area contributed by atoms with Crippen molar-refractivity contribution in [2.75, 3.05) is 12.9 Å². The first-order valence-electron chi connectivity index (χ1n) is 5.29. The minimum atomic E-state index is 0.0733. The van der Waals surface area contributed by atoms with Gasteiger partial charge in [0, 0.05) is 5.56 Å². The van der Waals surface area contributed by atoms with Crippen LogP contribution < -0.4 is 4.74 Å². The molecule has 0 bridgehead atoms. The molecule has 0 aliphatic heterocycles. The molecule has 94 valence electrons. The predicted molar refractivity (Wildman–Crippen MR) is 67.7 cm³/mol. The van der Waals surface area contributed by atoms with Gasteiger partial charge in [0.15, 0.2) is 0 Å². The quantitative estimate of drug-likeness (QED) is 0.773. The highest BCUT2D eigenvalue weighted by Gasteiger charge is 2.09. The molecule has 1 aromatic carbocycles. The van der Waals surface area contributed by atoms with Gasteiger partial charge in [0.05, 0.1) is 12.9 Å². The highest BCUT2D eigenvalue weighted by atomic mass is 32.2. The Labute approximate surface area is 109 Å². The van der Waals surface area contributed by atoms with Gasteiger partial charge in [0.25, 0.3) is 5.22 Å². The second-order valence-electron chi connectivity index (χ2n) is 3.59. The van der Waals surface area contributed by atoms with Gasteiger partial charge >= 0.3 is 0 Å². The first kappa shape index (κ1) is 12.6. The zero-order chi connectivity index (χ0) is 13.0. The summed E-state index contributed by atoms with van der Waals surface area (Å²) in [6, 6.07) is 7.32. The molecular weight excluding hydrogens is 252 g/mol. The molecule has 0 N–H and O–H groups in total. The number of methoxy groups -OCH3 is 1. The molecular formula is C12H12N2O3S. The third-order valence-corrected chi connectivity index (χ3v) is 3.11. The smallest absolute Gasteiger partial charge is 0.277 e. The van der Waals surface area contributed by atoms with Gasteiger partial charge in [-0.15, -0.1) is 10.2 Å². The Morgan fingerprint density at radius 3 is 2.67 bits per heavy atom. The van der Waals surface area contributed by atoms with Crippen LogP contribution in [0, 0.1) is 0 Å². The van der Waals surface area contributed by atoms with Gasteiger partial charge in [-0.25, -0.2) is 0 Å². The Morgan fingerprint density at radius 1 is 1.33 bits per heavy atom. The zero-order valence-corrected chi connectivity index (χ0v) is 10.9. The van der Waals surface area contributed by atoms with Crippen molar-refractivity contribution >= 4 is 17.5 Å². The van der Waals surface area contributed by atoms with Gasteiger partial charge in [-0.3, -0.25) is 4.79 Å². The summed E-state index contributed by atoms with van der Waals surface area (Å²) in [5.74, 6) is 1.61. The summed E-state index contributed by atoms with van der Waals surface area (Å²) in [5.41, 5.74) is 0.818. The number of ketones is 1. The molecule has 6 heteroatoms. The van der Waals surface area contributed by atoms with Crippen LogP contribution in [0.15, 0.2) is 33.9 Å². The van der Waals surface area contributed by atoms with Crippen molar-refractivity contribution in [1.82, 2.24) is 10.2 Å². The molecule has 18 heavy (non-hydrogen) atoms. The van der Waals surface area contributed by atoms with Crippen LogP contribution in [0.25, 0.3) is 11.5 Å². The second-order valence-corrected chi connectivity index (χ2v) is 4.52. The molecule has 2 aromatic rings. The maximum absolute atomic E-state index is 10.8. The summed E-state index contributed by atoms with van der Waals surface area (Å²) in [6.45, 7) is 1.52. The average Bonchev–Trinajstić information content (AvgIpc) is 2.85. The molecule has 0 saturated heterocycles. The van der Waals surface area contributed by atoms with Crippen molar-refractivity contribution < 1.29 is 13.9 Å². The van der Waals surface area contributed by atoms with E-state index in [9.17, 15) is 4.79 Å². The van der Waals surface area contributed by atoms with Gasteiger partial charge < -0.3 is 9.15 Å². The van der Waals surface area contributed by atoms with Crippen molar-refractivity contribution in [2.45, 2.75) is 12.1 Å². The van der Waals surface area contributed by atoms with E-state index in [2.05, 4.69) is 10.2 Å². The molecule has 0 amide bonds. The molecule has 0 atom stereocenters. The predicted octanol–water partition coefficient (Wildman–Crippen LogP) is 2.43. The molecule has 0 aliphatic carbocycles. The normalized spacial score (nSPS) is 10.3. The fourth-order valence-corrected chi connectivity index (χ4v) is 1.84. The summed E-state index contributed by atoms with van der Waals surface area (Å²) in [5, 5.41) is 8.20. The molecule has 1 aromatic heterocycles. The minimum absolute atomic E-state index is 0.0733. The maximum Gasteiger partial charge on any atom is 0.277 e. The third kappa shape index (κ3) is 3.10. The standard InChI is InChI=1S/C12H12N2O3S/c1-8(15)7-18-12-14-13-11(17-12)9-3-5-10(16-2)6-4-9/h3-6H,7H2,1-2H3. The number of ether oxygens (including phenoxy) is 1. The van der Waals surface area contributed by atoms with Crippen LogP contribution in [0.4, 0.5) is 0 Å². The van der Waals surface area contributed by atoms with Crippen molar-refractivity contribution in [1.29, 1.82) is 0 Å². The number of nitrogens with zero attached hydrogens (tertiary/aromatic N) is 2. The summed E-state index contributed by atoms with van der Waals surface area (Å²) < 4.78 is 10.5. The average molecular weight is 264 g/mol. The van der Waals surface area contributed by atoms with E-state index in [1.165, 1.54) is 18.7 Å². The summed E-state index contributed by atoms with van der Waals surface area (Å²) in [4.78, 5) is 10.8. The monoisotopic (exact) mass is 264 g/mol. The van der Waals surface area contributed by atoms with E-state index in [0.717, 1.165) is 11.3 Å². The molecule has 2 rings (SSSR count). The molecule has 0 spiro atoms. The Morgan fingerprint density at radius 2 is 2.06 bits per heavy atom. The van der Waals surface area contributed by atoms with Crippen LogP contribution in [-0.4, -0.2) is 28.8 Å². The molecule has 0 aliphatic rings. The Hall–Kier alpha value is -1.82. The van der Waals surface area contributed by atoms with E-state index in [-0.39, 0.29) is 5.78 Å². The van der Waals surface area contributed by atoms with Gasteiger partial charge in [-0.2, -0.15) is 0 Å². The lowest BCUT2D eigenvalue weighted by molar-refractivity contribution is -0.114.